The fourth-order valence-corrected chi connectivity index (χ4v) is 4.12. The largest absolute Gasteiger partial charge is 0.411 e. The first-order chi connectivity index (χ1) is 14.7. The van der Waals surface area contributed by atoms with Gasteiger partial charge >= 0.3 is 0 Å². The van der Waals surface area contributed by atoms with E-state index in [0.717, 1.165) is 33.4 Å². The average molecular weight is 394 g/mol. The van der Waals surface area contributed by atoms with Crippen molar-refractivity contribution in [2.75, 3.05) is 0 Å². The van der Waals surface area contributed by atoms with E-state index in [1.807, 2.05) is 43.3 Å². The molecule has 0 aliphatic rings. The minimum absolute atomic E-state index is 0.582. The SMILES string of the molecule is C/C(=N\O)C(c1ccncc1)(c1ccc(-c2cncnc2)cc1)c1ccccc1C. The highest BCUT2D eigenvalue weighted by atomic mass is 16.4. The lowest BCUT2D eigenvalue weighted by Gasteiger charge is -2.36. The molecule has 5 heteroatoms. The maximum atomic E-state index is 9.93. The molecule has 1 atom stereocenters. The smallest absolute Gasteiger partial charge is 0.115 e. The van der Waals surface area contributed by atoms with Crippen molar-refractivity contribution in [1.82, 2.24) is 15.0 Å². The fourth-order valence-electron chi connectivity index (χ4n) is 4.12. The van der Waals surface area contributed by atoms with Gasteiger partial charge in [0, 0.05) is 30.4 Å². The number of oxime groups is 1. The molecule has 1 N–H and O–H groups in total. The zero-order chi connectivity index (χ0) is 21.0. The highest BCUT2D eigenvalue weighted by Gasteiger charge is 2.41. The summed E-state index contributed by atoms with van der Waals surface area (Å²) in [6.45, 7) is 3.93. The van der Waals surface area contributed by atoms with Crippen LogP contribution in [0.5, 0.6) is 0 Å². The van der Waals surface area contributed by atoms with Crippen LogP contribution in [-0.4, -0.2) is 25.9 Å². The van der Waals surface area contributed by atoms with Gasteiger partial charge in [-0.05, 0) is 53.8 Å². The molecule has 2 aromatic carbocycles. The second kappa shape index (κ2) is 8.25. The summed E-state index contributed by atoms with van der Waals surface area (Å²) in [6.07, 6.45) is 8.64. The number of aryl methyl sites for hydroxylation is 1. The van der Waals surface area contributed by atoms with Crippen molar-refractivity contribution >= 4 is 5.71 Å². The molecular weight excluding hydrogens is 372 g/mol. The van der Waals surface area contributed by atoms with E-state index in [-0.39, 0.29) is 0 Å². The van der Waals surface area contributed by atoms with Crippen molar-refractivity contribution in [3.05, 3.63) is 114 Å². The summed E-state index contributed by atoms with van der Waals surface area (Å²) in [4.78, 5) is 12.4. The Morgan fingerprint density at radius 1 is 0.800 bits per heavy atom. The number of benzene rings is 2. The van der Waals surface area contributed by atoms with Gasteiger partial charge in [0.25, 0.3) is 0 Å². The molecule has 0 radical (unpaired) electrons. The van der Waals surface area contributed by atoms with E-state index < -0.39 is 5.41 Å². The van der Waals surface area contributed by atoms with Crippen LogP contribution in [0.1, 0.15) is 29.2 Å². The quantitative estimate of drug-likeness (QED) is 0.293. The summed E-state index contributed by atoms with van der Waals surface area (Å²) in [5, 5.41) is 13.6. The second-order valence-corrected chi connectivity index (χ2v) is 7.19. The van der Waals surface area contributed by atoms with Gasteiger partial charge in [-0.1, -0.05) is 53.7 Å². The molecule has 0 saturated heterocycles. The van der Waals surface area contributed by atoms with Crippen molar-refractivity contribution in [3.63, 3.8) is 0 Å². The number of hydrogen-bond donors (Lipinski definition) is 1. The molecule has 148 valence electrons. The third-order valence-electron chi connectivity index (χ3n) is 5.57. The highest BCUT2D eigenvalue weighted by Crippen LogP contribution is 2.42. The molecule has 0 aliphatic heterocycles. The molecule has 0 amide bonds. The summed E-state index contributed by atoms with van der Waals surface area (Å²) in [7, 11) is 0. The number of aromatic nitrogens is 3. The first kappa shape index (κ1) is 19.5. The number of nitrogens with zero attached hydrogens (tertiary/aromatic N) is 4. The molecule has 2 heterocycles. The Hall–Kier alpha value is -3.86. The van der Waals surface area contributed by atoms with Gasteiger partial charge in [-0.25, -0.2) is 9.97 Å². The van der Waals surface area contributed by atoms with Crippen molar-refractivity contribution in [1.29, 1.82) is 0 Å². The van der Waals surface area contributed by atoms with Crippen LogP contribution in [0.25, 0.3) is 11.1 Å². The lowest BCUT2D eigenvalue weighted by molar-refractivity contribution is 0.315. The van der Waals surface area contributed by atoms with Gasteiger partial charge in [0.1, 0.15) is 6.33 Å². The third-order valence-corrected chi connectivity index (χ3v) is 5.57. The molecule has 0 fully saturated rings. The fraction of sp³-hybridized carbons (Fsp3) is 0.120. The summed E-state index contributed by atoms with van der Waals surface area (Å²) < 4.78 is 0. The van der Waals surface area contributed by atoms with Crippen molar-refractivity contribution in [3.8, 4) is 11.1 Å². The Labute approximate surface area is 175 Å². The predicted octanol–water partition coefficient (Wildman–Crippen LogP) is 5.03. The molecule has 0 spiro atoms. The molecule has 2 aromatic heterocycles. The van der Waals surface area contributed by atoms with E-state index in [9.17, 15) is 5.21 Å². The lowest BCUT2D eigenvalue weighted by Crippen LogP contribution is -2.38. The van der Waals surface area contributed by atoms with Gasteiger partial charge in [0.15, 0.2) is 0 Å². The third kappa shape index (κ3) is 3.24. The Morgan fingerprint density at radius 3 is 2.07 bits per heavy atom. The first-order valence-electron chi connectivity index (χ1n) is 9.69. The van der Waals surface area contributed by atoms with E-state index in [2.05, 4.69) is 51.3 Å². The number of rotatable bonds is 5. The van der Waals surface area contributed by atoms with Crippen LogP contribution >= 0.6 is 0 Å². The minimum atomic E-state index is -0.755. The first-order valence-corrected chi connectivity index (χ1v) is 9.69. The summed E-state index contributed by atoms with van der Waals surface area (Å²) in [5.41, 5.74) is 5.94. The molecule has 5 nitrogen and oxygen atoms in total. The number of hydrogen-bond acceptors (Lipinski definition) is 5. The molecule has 0 saturated carbocycles. The molecular formula is C25H22N4O. The van der Waals surface area contributed by atoms with Crippen molar-refractivity contribution in [2.24, 2.45) is 5.16 Å². The summed E-state index contributed by atoms with van der Waals surface area (Å²) in [6, 6.07) is 20.4. The predicted molar refractivity (Wildman–Crippen MR) is 118 cm³/mol. The van der Waals surface area contributed by atoms with Gasteiger partial charge in [-0.15, -0.1) is 0 Å². The van der Waals surface area contributed by atoms with Gasteiger partial charge in [-0.2, -0.15) is 0 Å². The Bertz CT molecular complexity index is 1160. The van der Waals surface area contributed by atoms with Crippen LogP contribution in [0, 0.1) is 6.92 Å². The molecule has 0 bridgehead atoms. The molecule has 4 rings (SSSR count). The minimum Gasteiger partial charge on any atom is -0.411 e. The topological polar surface area (TPSA) is 71.3 Å². The van der Waals surface area contributed by atoms with Gasteiger partial charge in [0.05, 0.1) is 11.1 Å². The van der Waals surface area contributed by atoms with Crippen molar-refractivity contribution < 1.29 is 5.21 Å². The lowest BCUT2D eigenvalue weighted by atomic mass is 9.65. The van der Waals surface area contributed by atoms with Gasteiger partial charge in [0.2, 0.25) is 0 Å². The van der Waals surface area contributed by atoms with E-state index in [4.69, 9.17) is 0 Å². The Kier molecular flexibility index (Phi) is 5.35. The standard InChI is InChI=1S/C25H22N4O/c1-18-5-3-4-6-24(18)25(19(2)29-30,23-11-13-26-14-12-23)22-9-7-20(8-10-22)21-15-27-17-28-16-21/h3-17,30H,1-2H3/b29-19+. The molecule has 4 aromatic rings. The van der Waals surface area contributed by atoms with Crippen LogP contribution in [-0.2, 0) is 5.41 Å². The second-order valence-electron chi connectivity index (χ2n) is 7.19. The van der Waals surface area contributed by atoms with Gasteiger partial charge in [-0.3, -0.25) is 4.98 Å². The molecule has 30 heavy (non-hydrogen) atoms. The molecule has 0 aliphatic carbocycles. The van der Waals surface area contributed by atoms with E-state index >= 15 is 0 Å². The average Bonchev–Trinajstić information content (AvgIpc) is 2.82. The zero-order valence-electron chi connectivity index (χ0n) is 16.9. The van der Waals surface area contributed by atoms with Crippen LogP contribution in [0.15, 0.2) is 96.9 Å². The molecule has 1 unspecified atom stereocenters. The van der Waals surface area contributed by atoms with Crippen LogP contribution < -0.4 is 0 Å². The Balaban J connectivity index is 1.99. The van der Waals surface area contributed by atoms with E-state index in [0.29, 0.717) is 5.71 Å². The normalized spacial score (nSPS) is 13.6. The summed E-state index contributed by atoms with van der Waals surface area (Å²) >= 11 is 0. The maximum Gasteiger partial charge on any atom is 0.115 e. The van der Waals surface area contributed by atoms with Crippen LogP contribution in [0.4, 0.5) is 0 Å². The monoisotopic (exact) mass is 394 g/mol. The van der Waals surface area contributed by atoms with Crippen molar-refractivity contribution in [2.45, 2.75) is 19.3 Å². The maximum absolute atomic E-state index is 9.93. The zero-order valence-corrected chi connectivity index (χ0v) is 16.9. The van der Waals surface area contributed by atoms with E-state index in [1.165, 1.54) is 6.33 Å². The van der Waals surface area contributed by atoms with Crippen LogP contribution in [0.2, 0.25) is 0 Å². The summed E-state index contributed by atoms with van der Waals surface area (Å²) in [5.74, 6) is 0. The van der Waals surface area contributed by atoms with E-state index in [1.54, 1.807) is 24.8 Å². The number of pyridine rings is 1. The van der Waals surface area contributed by atoms with Gasteiger partial charge < -0.3 is 5.21 Å². The van der Waals surface area contributed by atoms with Crippen LogP contribution in [0.3, 0.4) is 0 Å². The Morgan fingerprint density at radius 2 is 1.43 bits per heavy atom. The highest BCUT2D eigenvalue weighted by molar-refractivity contribution is 6.00.